The number of nitrogens with one attached hydrogen (secondary N) is 1. The maximum absolute atomic E-state index is 12.4. The topological polar surface area (TPSA) is 79.0 Å². The minimum absolute atomic E-state index is 0.0328. The fraction of sp³-hybridized carbons (Fsp3) is 0.526. The third kappa shape index (κ3) is 5.56. The first kappa shape index (κ1) is 19.9. The van der Waals surface area contributed by atoms with Crippen molar-refractivity contribution in [2.75, 3.05) is 39.8 Å². The van der Waals surface area contributed by atoms with Gasteiger partial charge in [0.15, 0.2) is 0 Å². The Morgan fingerprint density at radius 3 is 2.35 bits per heavy atom. The molecule has 0 radical (unpaired) electrons. The maximum atomic E-state index is 12.4. The minimum Gasteiger partial charge on any atom is -0.468 e. The number of ether oxygens (including phenoxy) is 1. The molecule has 0 spiro atoms. The van der Waals surface area contributed by atoms with Crippen LogP contribution in [0.2, 0.25) is 0 Å². The Morgan fingerprint density at radius 2 is 1.77 bits per heavy atom. The number of hydrogen-bond donors (Lipinski definition) is 1. The first-order valence-electron chi connectivity index (χ1n) is 8.94. The number of benzene rings is 1. The molecule has 1 saturated heterocycles. The number of amides is 2. The van der Waals surface area contributed by atoms with Crippen molar-refractivity contribution in [1.82, 2.24) is 15.1 Å². The summed E-state index contributed by atoms with van der Waals surface area (Å²) in [7, 11) is 1.30. The van der Waals surface area contributed by atoms with Crippen LogP contribution in [0.5, 0.6) is 0 Å². The van der Waals surface area contributed by atoms with Crippen LogP contribution in [0.1, 0.15) is 18.9 Å². The number of hydrogen-bond acceptors (Lipinski definition) is 5. The quantitative estimate of drug-likeness (QED) is 0.570. The van der Waals surface area contributed by atoms with Gasteiger partial charge in [0.2, 0.25) is 11.8 Å². The molecule has 1 aromatic rings. The average molecular weight is 361 g/mol. The zero-order chi connectivity index (χ0) is 18.9. The summed E-state index contributed by atoms with van der Waals surface area (Å²) in [6.45, 7) is 4.87. The first-order chi connectivity index (χ1) is 12.5. The number of methoxy groups -OCH3 is 1. The molecule has 0 aliphatic carbocycles. The zero-order valence-electron chi connectivity index (χ0n) is 15.4. The lowest BCUT2D eigenvalue weighted by atomic mass is 10.0. The van der Waals surface area contributed by atoms with Gasteiger partial charge in [0.05, 0.1) is 13.7 Å². The molecule has 0 saturated carbocycles. The molecule has 2 rings (SSSR count). The van der Waals surface area contributed by atoms with Crippen LogP contribution in [-0.4, -0.2) is 67.4 Å². The maximum Gasteiger partial charge on any atom is 0.318 e. The molecular formula is C19H27N3O4. The number of rotatable bonds is 7. The zero-order valence-corrected chi connectivity index (χ0v) is 15.4. The van der Waals surface area contributed by atoms with Crippen LogP contribution in [0.4, 0.5) is 0 Å². The van der Waals surface area contributed by atoms with Gasteiger partial charge in [0.1, 0.15) is 5.92 Å². The highest BCUT2D eigenvalue weighted by molar-refractivity contribution is 5.97. The van der Waals surface area contributed by atoms with Crippen molar-refractivity contribution in [2.45, 2.75) is 19.9 Å². The molecule has 7 nitrogen and oxygen atoms in total. The largest absolute Gasteiger partial charge is 0.468 e. The van der Waals surface area contributed by atoms with Crippen LogP contribution in [0, 0.1) is 5.92 Å². The fourth-order valence-electron chi connectivity index (χ4n) is 2.99. The van der Waals surface area contributed by atoms with Crippen LogP contribution in [-0.2, 0) is 25.7 Å². The van der Waals surface area contributed by atoms with E-state index in [1.807, 2.05) is 35.2 Å². The molecule has 26 heavy (non-hydrogen) atoms. The Bertz CT molecular complexity index is 612. The lowest BCUT2D eigenvalue weighted by Gasteiger charge is -2.35. The Hall–Kier alpha value is -2.41. The van der Waals surface area contributed by atoms with Gasteiger partial charge in [0, 0.05) is 32.7 Å². The predicted octanol–water partition coefficient (Wildman–Crippen LogP) is 0.646. The van der Waals surface area contributed by atoms with Gasteiger partial charge in [-0.3, -0.25) is 19.3 Å². The molecule has 1 N–H and O–H groups in total. The fourth-order valence-corrected chi connectivity index (χ4v) is 2.99. The Morgan fingerprint density at radius 1 is 1.12 bits per heavy atom. The van der Waals surface area contributed by atoms with Gasteiger partial charge >= 0.3 is 5.97 Å². The van der Waals surface area contributed by atoms with Crippen molar-refractivity contribution in [1.29, 1.82) is 0 Å². The summed E-state index contributed by atoms with van der Waals surface area (Å²) in [5.74, 6) is -1.44. The van der Waals surface area contributed by atoms with Gasteiger partial charge in [0.25, 0.3) is 0 Å². The monoisotopic (exact) mass is 361 g/mol. The molecule has 1 aliphatic rings. The molecule has 0 aromatic heterocycles. The van der Waals surface area contributed by atoms with Crippen molar-refractivity contribution in [3.8, 4) is 0 Å². The second-order valence-electron chi connectivity index (χ2n) is 6.35. The molecule has 2 amide bonds. The van der Waals surface area contributed by atoms with E-state index in [4.69, 9.17) is 4.74 Å². The van der Waals surface area contributed by atoms with E-state index < -0.39 is 11.9 Å². The standard InChI is InChI=1S/C19H27N3O4/c1-3-16(19(25)26-2)18(24)22-11-9-21(10-12-22)14-17(23)20-13-15-7-5-4-6-8-15/h4-8,16H,3,9-14H2,1-2H3,(H,20,23). The first-order valence-corrected chi connectivity index (χ1v) is 8.94. The number of piperazine rings is 1. The van der Waals surface area contributed by atoms with Crippen molar-refractivity contribution < 1.29 is 19.1 Å². The smallest absolute Gasteiger partial charge is 0.318 e. The van der Waals surface area contributed by atoms with Crippen LogP contribution < -0.4 is 5.32 Å². The average Bonchev–Trinajstić information content (AvgIpc) is 2.68. The molecule has 0 bridgehead atoms. The highest BCUT2D eigenvalue weighted by Gasteiger charge is 2.32. The molecule has 1 fully saturated rings. The third-order valence-electron chi connectivity index (χ3n) is 4.58. The molecule has 1 aliphatic heterocycles. The van der Waals surface area contributed by atoms with Gasteiger partial charge in [-0.25, -0.2) is 0 Å². The van der Waals surface area contributed by atoms with Gasteiger partial charge in [-0.2, -0.15) is 0 Å². The Labute approximate surface area is 154 Å². The molecular weight excluding hydrogens is 334 g/mol. The summed E-state index contributed by atoms with van der Waals surface area (Å²) >= 11 is 0. The molecule has 1 unspecified atom stereocenters. The second kappa shape index (κ2) is 9.91. The molecule has 142 valence electrons. The normalized spacial score (nSPS) is 16.0. The molecule has 1 atom stereocenters. The SMILES string of the molecule is CCC(C(=O)OC)C(=O)N1CCN(CC(=O)NCc2ccccc2)CC1. The van der Waals surface area contributed by atoms with Crippen molar-refractivity contribution >= 4 is 17.8 Å². The predicted molar refractivity (Wildman–Crippen MR) is 97.1 cm³/mol. The summed E-state index contributed by atoms with van der Waals surface area (Å²) in [5.41, 5.74) is 1.06. The number of esters is 1. The van der Waals surface area contributed by atoms with E-state index in [-0.39, 0.29) is 11.8 Å². The van der Waals surface area contributed by atoms with E-state index in [0.29, 0.717) is 45.7 Å². The number of carbonyl (C=O) groups excluding carboxylic acids is 3. The van der Waals surface area contributed by atoms with Gasteiger partial charge < -0.3 is 15.0 Å². The summed E-state index contributed by atoms with van der Waals surface area (Å²) in [5, 5.41) is 2.91. The number of nitrogens with zero attached hydrogens (tertiary/aromatic N) is 2. The molecule has 1 aromatic carbocycles. The van der Waals surface area contributed by atoms with E-state index in [0.717, 1.165) is 5.56 Å². The van der Waals surface area contributed by atoms with Crippen LogP contribution in [0.15, 0.2) is 30.3 Å². The summed E-state index contributed by atoms with van der Waals surface area (Å²) in [4.78, 5) is 39.9. The van der Waals surface area contributed by atoms with Crippen LogP contribution >= 0.6 is 0 Å². The van der Waals surface area contributed by atoms with E-state index in [2.05, 4.69) is 5.32 Å². The third-order valence-corrected chi connectivity index (χ3v) is 4.58. The summed E-state index contributed by atoms with van der Waals surface area (Å²) < 4.78 is 4.70. The van der Waals surface area contributed by atoms with Crippen molar-refractivity contribution in [2.24, 2.45) is 5.92 Å². The van der Waals surface area contributed by atoms with Crippen LogP contribution in [0.3, 0.4) is 0 Å². The van der Waals surface area contributed by atoms with Crippen LogP contribution in [0.25, 0.3) is 0 Å². The molecule has 1 heterocycles. The second-order valence-corrected chi connectivity index (χ2v) is 6.35. The van der Waals surface area contributed by atoms with Crippen molar-refractivity contribution in [3.63, 3.8) is 0 Å². The van der Waals surface area contributed by atoms with E-state index in [1.165, 1.54) is 7.11 Å². The Kier molecular flexibility index (Phi) is 7.59. The Balaban J connectivity index is 1.74. The van der Waals surface area contributed by atoms with Gasteiger partial charge in [-0.1, -0.05) is 37.3 Å². The van der Waals surface area contributed by atoms with E-state index >= 15 is 0 Å². The van der Waals surface area contributed by atoms with Crippen molar-refractivity contribution in [3.05, 3.63) is 35.9 Å². The van der Waals surface area contributed by atoms with Gasteiger partial charge in [-0.05, 0) is 12.0 Å². The molecule has 7 heteroatoms. The number of carbonyl (C=O) groups is 3. The summed E-state index contributed by atoms with van der Waals surface area (Å²) in [6, 6.07) is 9.76. The van der Waals surface area contributed by atoms with E-state index in [9.17, 15) is 14.4 Å². The van der Waals surface area contributed by atoms with E-state index in [1.54, 1.807) is 11.8 Å². The lowest BCUT2D eigenvalue weighted by molar-refractivity contribution is -0.154. The van der Waals surface area contributed by atoms with Gasteiger partial charge in [-0.15, -0.1) is 0 Å². The highest BCUT2D eigenvalue weighted by atomic mass is 16.5. The minimum atomic E-state index is -0.735. The summed E-state index contributed by atoms with van der Waals surface area (Å²) in [6.07, 6.45) is 0.424. The highest BCUT2D eigenvalue weighted by Crippen LogP contribution is 2.12. The lowest BCUT2D eigenvalue weighted by Crippen LogP contribution is -2.53.